The van der Waals surface area contributed by atoms with E-state index < -0.39 is 5.82 Å². The molecular weight excluding hydrogens is 251 g/mol. The molecule has 0 N–H and O–H groups in total. The number of ketones is 1. The molecule has 0 spiro atoms. The van der Waals surface area contributed by atoms with Crippen molar-refractivity contribution >= 4 is 21.7 Å². The first-order valence-electron chi connectivity index (χ1n) is 4.06. The van der Waals surface area contributed by atoms with Gasteiger partial charge in [-0.15, -0.1) is 0 Å². The van der Waals surface area contributed by atoms with Gasteiger partial charge in [0, 0.05) is 12.0 Å². The first-order chi connectivity index (χ1) is 6.56. The second kappa shape index (κ2) is 4.55. The number of halogens is 2. The number of hydrogen-bond acceptors (Lipinski definition) is 2. The highest BCUT2D eigenvalue weighted by Crippen LogP contribution is 2.31. The lowest BCUT2D eigenvalue weighted by Gasteiger charge is -2.09. The molecule has 1 aromatic rings. The molecule has 0 bridgehead atoms. The van der Waals surface area contributed by atoms with Crippen LogP contribution in [0.2, 0.25) is 0 Å². The van der Waals surface area contributed by atoms with Crippen LogP contribution in [0.25, 0.3) is 0 Å². The fourth-order valence-corrected chi connectivity index (χ4v) is 1.75. The third-order valence-electron chi connectivity index (χ3n) is 1.78. The molecule has 4 heteroatoms. The molecule has 0 heterocycles. The van der Waals surface area contributed by atoms with Crippen molar-refractivity contribution in [2.45, 2.75) is 13.3 Å². The summed E-state index contributed by atoms with van der Waals surface area (Å²) in [6, 6.07) is 2.87. The number of carbonyl (C=O) groups excluding carboxylic acids is 1. The summed E-state index contributed by atoms with van der Waals surface area (Å²) in [7, 11) is 1.45. The summed E-state index contributed by atoms with van der Waals surface area (Å²) in [5.41, 5.74) is 0.688. The highest BCUT2D eigenvalue weighted by Gasteiger charge is 2.12. The van der Waals surface area contributed by atoms with E-state index in [1.54, 1.807) is 6.07 Å². The molecule has 0 saturated heterocycles. The molecule has 76 valence electrons. The summed E-state index contributed by atoms with van der Waals surface area (Å²) < 4.78 is 18.4. The standard InChI is InChI=1S/C10H10BrFO2/c1-6(13)5-7-3-4-8(12)9(11)10(7)14-2/h3-4H,5H2,1-2H3. The number of ether oxygens (including phenoxy) is 1. The molecule has 0 aliphatic rings. The highest BCUT2D eigenvalue weighted by atomic mass is 79.9. The number of hydrogen-bond donors (Lipinski definition) is 0. The lowest BCUT2D eigenvalue weighted by atomic mass is 10.1. The molecule has 0 saturated carbocycles. The van der Waals surface area contributed by atoms with Crippen LogP contribution < -0.4 is 4.74 Å². The Labute approximate surface area is 90.2 Å². The third-order valence-corrected chi connectivity index (χ3v) is 2.51. The second-order valence-electron chi connectivity index (χ2n) is 2.93. The van der Waals surface area contributed by atoms with Crippen molar-refractivity contribution in [3.05, 3.63) is 28.0 Å². The third kappa shape index (κ3) is 2.32. The minimum absolute atomic E-state index is 0.0156. The molecule has 1 rings (SSSR count). The van der Waals surface area contributed by atoms with Crippen molar-refractivity contribution in [1.29, 1.82) is 0 Å². The fraction of sp³-hybridized carbons (Fsp3) is 0.300. The van der Waals surface area contributed by atoms with E-state index in [0.29, 0.717) is 11.3 Å². The van der Waals surface area contributed by atoms with Crippen molar-refractivity contribution in [2.24, 2.45) is 0 Å². The van der Waals surface area contributed by atoms with Crippen LogP contribution in [0, 0.1) is 5.82 Å². The van der Waals surface area contributed by atoms with Crippen LogP contribution in [0.3, 0.4) is 0 Å². The molecular formula is C10H10BrFO2. The van der Waals surface area contributed by atoms with Crippen LogP contribution in [-0.2, 0) is 11.2 Å². The summed E-state index contributed by atoms with van der Waals surface area (Å²) >= 11 is 3.07. The van der Waals surface area contributed by atoms with Crippen molar-refractivity contribution in [3.8, 4) is 5.75 Å². The maximum absolute atomic E-state index is 13.1. The van der Waals surface area contributed by atoms with Gasteiger partial charge in [0.1, 0.15) is 17.3 Å². The van der Waals surface area contributed by atoms with Crippen LogP contribution in [0.5, 0.6) is 5.75 Å². The molecule has 0 aromatic heterocycles. The molecule has 0 atom stereocenters. The first-order valence-corrected chi connectivity index (χ1v) is 4.86. The van der Waals surface area contributed by atoms with Gasteiger partial charge in [-0.2, -0.15) is 0 Å². The Balaban J connectivity index is 3.17. The lowest BCUT2D eigenvalue weighted by molar-refractivity contribution is -0.116. The largest absolute Gasteiger partial charge is 0.495 e. The maximum Gasteiger partial charge on any atom is 0.141 e. The zero-order chi connectivity index (χ0) is 10.7. The minimum Gasteiger partial charge on any atom is -0.495 e. The molecule has 0 aliphatic carbocycles. The Kier molecular flexibility index (Phi) is 3.63. The molecule has 14 heavy (non-hydrogen) atoms. The number of methoxy groups -OCH3 is 1. The van der Waals surface area contributed by atoms with Gasteiger partial charge in [0.05, 0.1) is 11.6 Å². The Morgan fingerprint density at radius 3 is 2.71 bits per heavy atom. The van der Waals surface area contributed by atoms with Gasteiger partial charge in [0.25, 0.3) is 0 Å². The van der Waals surface area contributed by atoms with Gasteiger partial charge in [-0.3, -0.25) is 4.79 Å². The van der Waals surface area contributed by atoms with E-state index >= 15 is 0 Å². The Morgan fingerprint density at radius 1 is 1.57 bits per heavy atom. The van der Waals surface area contributed by atoms with Crippen molar-refractivity contribution < 1.29 is 13.9 Å². The predicted octanol–water partition coefficient (Wildman–Crippen LogP) is 2.73. The monoisotopic (exact) mass is 260 g/mol. The summed E-state index contributed by atoms with van der Waals surface area (Å²) in [5, 5.41) is 0. The van der Waals surface area contributed by atoms with E-state index in [-0.39, 0.29) is 16.7 Å². The van der Waals surface area contributed by atoms with Gasteiger partial charge in [-0.05, 0) is 28.9 Å². The summed E-state index contributed by atoms with van der Waals surface area (Å²) in [4.78, 5) is 10.9. The smallest absolute Gasteiger partial charge is 0.141 e. The van der Waals surface area contributed by atoms with Crippen LogP contribution in [0.15, 0.2) is 16.6 Å². The quantitative estimate of drug-likeness (QED) is 0.836. The molecule has 0 unspecified atom stereocenters. The molecule has 0 amide bonds. The fourth-order valence-electron chi connectivity index (χ4n) is 1.20. The van der Waals surface area contributed by atoms with E-state index in [4.69, 9.17) is 4.74 Å². The van der Waals surface area contributed by atoms with Crippen LogP contribution >= 0.6 is 15.9 Å². The number of Topliss-reactive ketones (excluding diaryl/α,β-unsaturated/α-hetero) is 1. The predicted molar refractivity (Wildman–Crippen MR) is 55.0 cm³/mol. The summed E-state index contributed by atoms with van der Waals surface area (Å²) in [6.07, 6.45) is 0.252. The van der Waals surface area contributed by atoms with Gasteiger partial charge in [0.15, 0.2) is 0 Å². The molecule has 2 nitrogen and oxygen atoms in total. The van der Waals surface area contributed by atoms with E-state index in [1.807, 2.05) is 0 Å². The molecule has 0 radical (unpaired) electrons. The average Bonchev–Trinajstić information content (AvgIpc) is 2.11. The van der Waals surface area contributed by atoms with Gasteiger partial charge >= 0.3 is 0 Å². The molecule has 0 aliphatic heterocycles. The summed E-state index contributed by atoms with van der Waals surface area (Å²) in [5.74, 6) is 0.0103. The van der Waals surface area contributed by atoms with Crippen LogP contribution in [0.1, 0.15) is 12.5 Å². The second-order valence-corrected chi connectivity index (χ2v) is 3.73. The van der Waals surface area contributed by atoms with Gasteiger partial charge in [0.2, 0.25) is 0 Å². The first kappa shape index (κ1) is 11.2. The summed E-state index contributed by atoms with van der Waals surface area (Å²) in [6.45, 7) is 1.48. The lowest BCUT2D eigenvalue weighted by Crippen LogP contribution is -2.01. The number of carbonyl (C=O) groups is 1. The van der Waals surface area contributed by atoms with Crippen molar-refractivity contribution in [3.63, 3.8) is 0 Å². The Morgan fingerprint density at radius 2 is 2.21 bits per heavy atom. The van der Waals surface area contributed by atoms with Crippen LogP contribution in [0.4, 0.5) is 4.39 Å². The van der Waals surface area contributed by atoms with E-state index in [9.17, 15) is 9.18 Å². The number of rotatable bonds is 3. The zero-order valence-electron chi connectivity index (χ0n) is 7.93. The van der Waals surface area contributed by atoms with Crippen molar-refractivity contribution in [2.75, 3.05) is 7.11 Å². The Hall–Kier alpha value is -0.900. The topological polar surface area (TPSA) is 26.3 Å². The number of benzene rings is 1. The zero-order valence-corrected chi connectivity index (χ0v) is 9.52. The van der Waals surface area contributed by atoms with Crippen molar-refractivity contribution in [1.82, 2.24) is 0 Å². The molecule has 1 aromatic carbocycles. The van der Waals surface area contributed by atoms with E-state index in [1.165, 1.54) is 20.1 Å². The van der Waals surface area contributed by atoms with Gasteiger partial charge in [-0.1, -0.05) is 6.07 Å². The Bertz CT molecular complexity index is 363. The van der Waals surface area contributed by atoms with Gasteiger partial charge < -0.3 is 4.74 Å². The normalized spacial score (nSPS) is 10.0. The minimum atomic E-state index is -0.394. The highest BCUT2D eigenvalue weighted by molar-refractivity contribution is 9.10. The average molecular weight is 261 g/mol. The van der Waals surface area contributed by atoms with E-state index in [0.717, 1.165) is 0 Å². The van der Waals surface area contributed by atoms with Crippen LogP contribution in [-0.4, -0.2) is 12.9 Å². The van der Waals surface area contributed by atoms with E-state index in [2.05, 4.69) is 15.9 Å². The maximum atomic E-state index is 13.1. The SMILES string of the molecule is COc1c(CC(C)=O)ccc(F)c1Br. The molecule has 0 fully saturated rings. The van der Waals surface area contributed by atoms with Gasteiger partial charge in [-0.25, -0.2) is 4.39 Å².